The van der Waals surface area contributed by atoms with E-state index < -0.39 is 0 Å². The molecule has 0 N–H and O–H groups in total. The van der Waals surface area contributed by atoms with E-state index in [4.69, 9.17) is 4.74 Å². The maximum Gasteiger partial charge on any atom is 0.306 e. The summed E-state index contributed by atoms with van der Waals surface area (Å²) in [6.45, 7) is 2.09. The van der Waals surface area contributed by atoms with E-state index in [1.165, 1.54) is 6.20 Å². The van der Waals surface area contributed by atoms with Crippen molar-refractivity contribution in [2.75, 3.05) is 6.61 Å². The Bertz CT molecular complexity index is 614. The summed E-state index contributed by atoms with van der Waals surface area (Å²) in [5.74, 6) is -0.609. The Labute approximate surface area is 129 Å². The molecule has 2 aromatic rings. The van der Waals surface area contributed by atoms with Gasteiger partial charge in [0.1, 0.15) is 0 Å². The molecule has 0 bridgehead atoms. The van der Waals surface area contributed by atoms with E-state index in [1.807, 2.05) is 6.07 Å². The fraction of sp³-hybridized carbons (Fsp3) is 0.294. The predicted molar refractivity (Wildman–Crippen MR) is 81.4 cm³/mol. The lowest BCUT2D eigenvalue weighted by Gasteiger charge is -2.15. The van der Waals surface area contributed by atoms with Crippen LogP contribution in [0.25, 0.3) is 0 Å². The molecule has 0 unspecified atom stereocenters. The summed E-state index contributed by atoms with van der Waals surface area (Å²) in [7, 11) is 0. The van der Waals surface area contributed by atoms with Gasteiger partial charge in [-0.1, -0.05) is 6.07 Å². The van der Waals surface area contributed by atoms with Gasteiger partial charge >= 0.3 is 5.97 Å². The molecule has 0 aliphatic carbocycles. The highest BCUT2D eigenvalue weighted by Gasteiger charge is 2.21. The van der Waals surface area contributed by atoms with Gasteiger partial charge in [0.25, 0.3) is 0 Å². The van der Waals surface area contributed by atoms with Gasteiger partial charge in [-0.25, -0.2) is 0 Å². The van der Waals surface area contributed by atoms with Crippen LogP contribution in [0.2, 0.25) is 0 Å². The minimum Gasteiger partial charge on any atom is -0.466 e. The fourth-order valence-electron chi connectivity index (χ4n) is 2.22. The van der Waals surface area contributed by atoms with Gasteiger partial charge in [0.15, 0.2) is 5.78 Å². The summed E-state index contributed by atoms with van der Waals surface area (Å²) in [4.78, 5) is 32.1. The lowest BCUT2D eigenvalue weighted by molar-refractivity contribution is -0.143. The third kappa shape index (κ3) is 4.48. The Kier molecular flexibility index (Phi) is 5.77. The first kappa shape index (κ1) is 15.8. The number of ether oxygens (including phenoxy) is 1. The van der Waals surface area contributed by atoms with Crippen LogP contribution in [0.15, 0.2) is 49.1 Å². The van der Waals surface area contributed by atoms with Crippen LogP contribution in [0.1, 0.15) is 41.6 Å². The van der Waals surface area contributed by atoms with E-state index in [9.17, 15) is 9.59 Å². The van der Waals surface area contributed by atoms with Crippen LogP contribution in [0.5, 0.6) is 0 Å². The largest absolute Gasteiger partial charge is 0.466 e. The molecule has 0 aliphatic rings. The molecular weight excluding hydrogens is 280 g/mol. The highest BCUT2D eigenvalue weighted by Crippen LogP contribution is 2.25. The zero-order chi connectivity index (χ0) is 15.8. The van der Waals surface area contributed by atoms with Gasteiger partial charge in [0.05, 0.1) is 13.0 Å². The number of nitrogens with zero attached hydrogens (tertiary/aromatic N) is 2. The summed E-state index contributed by atoms with van der Waals surface area (Å²) in [6, 6.07) is 7.10. The van der Waals surface area contributed by atoms with E-state index in [1.54, 1.807) is 43.7 Å². The zero-order valence-electron chi connectivity index (χ0n) is 12.4. The van der Waals surface area contributed by atoms with E-state index >= 15 is 0 Å². The second-order valence-corrected chi connectivity index (χ2v) is 4.86. The first-order valence-electron chi connectivity index (χ1n) is 7.19. The molecule has 5 heteroatoms. The van der Waals surface area contributed by atoms with Crippen molar-refractivity contribution >= 4 is 11.8 Å². The monoisotopic (exact) mass is 298 g/mol. The maximum absolute atomic E-state index is 12.4. The van der Waals surface area contributed by atoms with E-state index in [0.717, 1.165) is 5.56 Å². The molecule has 114 valence electrons. The third-order valence-corrected chi connectivity index (χ3v) is 3.29. The van der Waals surface area contributed by atoms with Gasteiger partial charge in [0, 0.05) is 42.7 Å². The van der Waals surface area contributed by atoms with Crippen molar-refractivity contribution in [2.24, 2.45) is 0 Å². The second-order valence-electron chi connectivity index (χ2n) is 4.86. The van der Waals surface area contributed by atoms with Crippen molar-refractivity contribution in [3.05, 3.63) is 60.2 Å². The topological polar surface area (TPSA) is 69.2 Å². The average Bonchev–Trinajstić information content (AvgIpc) is 2.56. The van der Waals surface area contributed by atoms with Crippen LogP contribution >= 0.6 is 0 Å². The van der Waals surface area contributed by atoms with Crippen LogP contribution in [0, 0.1) is 0 Å². The van der Waals surface area contributed by atoms with Gasteiger partial charge in [0.2, 0.25) is 0 Å². The highest BCUT2D eigenvalue weighted by molar-refractivity contribution is 5.96. The lowest BCUT2D eigenvalue weighted by Crippen LogP contribution is -2.14. The number of esters is 1. The summed E-state index contributed by atoms with van der Waals surface area (Å²) < 4.78 is 5.00. The maximum atomic E-state index is 12.4. The summed E-state index contributed by atoms with van der Waals surface area (Å²) in [5.41, 5.74) is 1.40. The number of carbonyl (C=O) groups is 2. The van der Waals surface area contributed by atoms with Crippen LogP contribution in [-0.2, 0) is 9.53 Å². The number of hydrogen-bond donors (Lipinski definition) is 0. The standard InChI is InChI=1S/C17H18N2O3/c1-2-22-17(21)10-15(13-5-3-7-18-11-13)9-16(20)14-6-4-8-19-12-14/h3-8,11-12,15H,2,9-10H2,1H3/t15-/m0/s1. The number of aromatic nitrogens is 2. The fourth-order valence-corrected chi connectivity index (χ4v) is 2.22. The number of carbonyl (C=O) groups excluding carboxylic acids is 2. The quantitative estimate of drug-likeness (QED) is 0.580. The first-order valence-corrected chi connectivity index (χ1v) is 7.19. The van der Waals surface area contributed by atoms with E-state index in [2.05, 4.69) is 9.97 Å². The van der Waals surface area contributed by atoms with Crippen molar-refractivity contribution < 1.29 is 14.3 Å². The summed E-state index contributed by atoms with van der Waals surface area (Å²) in [6.07, 6.45) is 6.87. The van der Waals surface area contributed by atoms with Crippen LogP contribution in [-0.4, -0.2) is 28.3 Å². The number of rotatable bonds is 7. The predicted octanol–water partition coefficient (Wildman–Crippen LogP) is 2.79. The van der Waals surface area contributed by atoms with Crippen molar-refractivity contribution in [3.8, 4) is 0 Å². The van der Waals surface area contributed by atoms with Crippen LogP contribution < -0.4 is 0 Å². The molecule has 1 atom stereocenters. The Morgan fingerprint density at radius 1 is 1.09 bits per heavy atom. The van der Waals surface area contributed by atoms with Gasteiger partial charge in [-0.2, -0.15) is 0 Å². The zero-order valence-corrected chi connectivity index (χ0v) is 12.4. The van der Waals surface area contributed by atoms with Crippen molar-refractivity contribution in [2.45, 2.75) is 25.7 Å². The number of Topliss-reactive ketones (excluding diaryl/α,β-unsaturated/α-hetero) is 1. The van der Waals surface area contributed by atoms with Gasteiger partial charge < -0.3 is 4.74 Å². The Morgan fingerprint density at radius 3 is 2.41 bits per heavy atom. The van der Waals surface area contributed by atoms with E-state index in [0.29, 0.717) is 12.2 Å². The van der Waals surface area contributed by atoms with Crippen LogP contribution in [0.4, 0.5) is 0 Å². The normalized spacial score (nSPS) is 11.7. The van der Waals surface area contributed by atoms with Crippen molar-refractivity contribution in [3.63, 3.8) is 0 Å². The average molecular weight is 298 g/mol. The molecule has 0 amide bonds. The SMILES string of the molecule is CCOC(=O)C[C@H](CC(=O)c1cccnc1)c1cccnc1. The summed E-state index contributed by atoms with van der Waals surface area (Å²) >= 11 is 0. The lowest BCUT2D eigenvalue weighted by atomic mass is 9.90. The minimum atomic E-state index is -0.310. The molecule has 0 aromatic carbocycles. The molecule has 5 nitrogen and oxygen atoms in total. The number of pyridine rings is 2. The Morgan fingerprint density at radius 2 is 1.82 bits per heavy atom. The molecule has 0 saturated carbocycles. The first-order chi connectivity index (χ1) is 10.7. The number of ketones is 1. The molecule has 0 saturated heterocycles. The molecule has 0 spiro atoms. The molecule has 22 heavy (non-hydrogen) atoms. The highest BCUT2D eigenvalue weighted by atomic mass is 16.5. The van der Waals surface area contributed by atoms with Gasteiger partial charge in [-0.05, 0) is 30.7 Å². The third-order valence-electron chi connectivity index (χ3n) is 3.29. The second kappa shape index (κ2) is 8.02. The number of hydrogen-bond acceptors (Lipinski definition) is 5. The molecule has 2 rings (SSSR count). The molecule has 0 radical (unpaired) electrons. The van der Waals surface area contributed by atoms with E-state index in [-0.39, 0.29) is 30.5 Å². The molecular formula is C17H18N2O3. The van der Waals surface area contributed by atoms with Crippen molar-refractivity contribution in [1.29, 1.82) is 0 Å². The molecule has 0 fully saturated rings. The van der Waals surface area contributed by atoms with Crippen LogP contribution in [0.3, 0.4) is 0 Å². The smallest absolute Gasteiger partial charge is 0.306 e. The molecule has 2 heterocycles. The Balaban J connectivity index is 2.14. The molecule has 0 aliphatic heterocycles. The summed E-state index contributed by atoms with van der Waals surface area (Å²) in [5, 5.41) is 0. The van der Waals surface area contributed by atoms with Crippen molar-refractivity contribution in [1.82, 2.24) is 9.97 Å². The van der Waals surface area contributed by atoms with Gasteiger partial charge in [-0.3, -0.25) is 19.6 Å². The Hall–Kier alpha value is -2.56. The molecule has 2 aromatic heterocycles. The minimum absolute atomic E-state index is 0.0498. The van der Waals surface area contributed by atoms with Gasteiger partial charge in [-0.15, -0.1) is 0 Å².